The van der Waals surface area contributed by atoms with Crippen molar-refractivity contribution in [3.05, 3.63) is 59.8 Å². The van der Waals surface area contributed by atoms with E-state index in [2.05, 4.69) is 39.9 Å². The van der Waals surface area contributed by atoms with E-state index in [1.807, 2.05) is 24.3 Å². The first kappa shape index (κ1) is 16.9. The normalized spacial score (nSPS) is 21.7. The van der Waals surface area contributed by atoms with Crippen molar-refractivity contribution in [3.8, 4) is 0 Å². The van der Waals surface area contributed by atoms with Crippen molar-refractivity contribution in [1.82, 2.24) is 15.6 Å². The van der Waals surface area contributed by atoms with Crippen LogP contribution in [0.1, 0.15) is 11.3 Å². The van der Waals surface area contributed by atoms with Crippen molar-refractivity contribution in [1.29, 1.82) is 0 Å². The van der Waals surface area contributed by atoms with Crippen LogP contribution in [0.5, 0.6) is 0 Å². The van der Waals surface area contributed by atoms with Crippen LogP contribution in [-0.4, -0.2) is 36.7 Å². The van der Waals surface area contributed by atoms with Crippen molar-refractivity contribution in [2.45, 2.75) is 24.9 Å². The predicted molar refractivity (Wildman–Crippen MR) is 98.6 cm³/mol. The Morgan fingerprint density at radius 2 is 1.96 bits per heavy atom. The van der Waals surface area contributed by atoms with Crippen LogP contribution in [0.4, 0.5) is 5.82 Å². The van der Waals surface area contributed by atoms with Gasteiger partial charge in [-0.25, -0.2) is 4.98 Å². The summed E-state index contributed by atoms with van der Waals surface area (Å²) in [6.07, 6.45) is 1.83. The first-order chi connectivity index (χ1) is 11.7. The third-order valence-electron chi connectivity index (χ3n) is 4.62. The van der Waals surface area contributed by atoms with Crippen molar-refractivity contribution >= 4 is 5.82 Å². The highest BCUT2D eigenvalue weighted by atomic mass is 15.1. The van der Waals surface area contributed by atoms with Crippen molar-refractivity contribution in [3.63, 3.8) is 0 Å². The standard InChI is InChI=1S/C19H27N5/c20-16(9-14-5-2-1-3-6-14)12-23-18-13-22-11-15(18)10-17-7-4-8-19(21)24-17/h1-8,15-16,18,22-23H,9-13,20H2,(H2,21,24)/t15?,16-,18?/m0/s1. The lowest BCUT2D eigenvalue weighted by Crippen LogP contribution is -2.44. The lowest BCUT2D eigenvalue weighted by molar-refractivity contribution is 0.406. The first-order valence-corrected chi connectivity index (χ1v) is 8.65. The number of benzene rings is 1. The van der Waals surface area contributed by atoms with E-state index in [0.29, 0.717) is 17.8 Å². The molecule has 1 aromatic carbocycles. The summed E-state index contributed by atoms with van der Waals surface area (Å²) in [4.78, 5) is 4.42. The van der Waals surface area contributed by atoms with Gasteiger partial charge in [0, 0.05) is 30.9 Å². The summed E-state index contributed by atoms with van der Waals surface area (Å²) >= 11 is 0. The van der Waals surface area contributed by atoms with Gasteiger partial charge in [0.05, 0.1) is 0 Å². The summed E-state index contributed by atoms with van der Waals surface area (Å²) in [5, 5.41) is 7.11. The summed E-state index contributed by atoms with van der Waals surface area (Å²) in [6.45, 7) is 2.80. The summed E-state index contributed by atoms with van der Waals surface area (Å²) in [5.41, 5.74) is 14.4. The summed E-state index contributed by atoms with van der Waals surface area (Å²) < 4.78 is 0. The van der Waals surface area contributed by atoms with Crippen LogP contribution in [0, 0.1) is 5.92 Å². The van der Waals surface area contributed by atoms with E-state index in [1.54, 1.807) is 0 Å². The van der Waals surface area contributed by atoms with Crippen LogP contribution >= 0.6 is 0 Å². The number of pyridine rings is 1. The first-order valence-electron chi connectivity index (χ1n) is 8.65. The SMILES string of the molecule is Nc1cccc(CC2CNCC2NC[C@@H](N)Cc2ccccc2)n1. The molecule has 3 rings (SSSR count). The number of hydrogen-bond acceptors (Lipinski definition) is 5. The molecule has 2 heterocycles. The van der Waals surface area contributed by atoms with Gasteiger partial charge < -0.3 is 22.1 Å². The minimum Gasteiger partial charge on any atom is -0.384 e. The van der Waals surface area contributed by atoms with Gasteiger partial charge in [-0.15, -0.1) is 0 Å². The summed E-state index contributed by atoms with van der Waals surface area (Å²) in [7, 11) is 0. The Morgan fingerprint density at radius 3 is 2.75 bits per heavy atom. The van der Waals surface area contributed by atoms with Crippen molar-refractivity contribution in [2.24, 2.45) is 11.7 Å². The fourth-order valence-corrected chi connectivity index (χ4v) is 3.36. The van der Waals surface area contributed by atoms with Crippen molar-refractivity contribution < 1.29 is 0 Å². The number of nitrogens with two attached hydrogens (primary N) is 2. The average Bonchev–Trinajstić information content (AvgIpc) is 3.01. The molecule has 1 aliphatic rings. The Hall–Kier alpha value is -1.95. The van der Waals surface area contributed by atoms with Crippen LogP contribution in [0.15, 0.2) is 48.5 Å². The van der Waals surface area contributed by atoms with Gasteiger partial charge in [0.2, 0.25) is 0 Å². The Bertz CT molecular complexity index is 631. The minimum atomic E-state index is 0.124. The van der Waals surface area contributed by atoms with E-state index in [0.717, 1.165) is 38.2 Å². The molecule has 3 atom stereocenters. The monoisotopic (exact) mass is 325 g/mol. The van der Waals surface area contributed by atoms with Gasteiger partial charge in [0.1, 0.15) is 5.82 Å². The van der Waals surface area contributed by atoms with E-state index in [9.17, 15) is 0 Å². The van der Waals surface area contributed by atoms with Gasteiger partial charge >= 0.3 is 0 Å². The molecule has 1 aliphatic heterocycles. The molecule has 1 saturated heterocycles. The Kier molecular flexibility index (Phi) is 5.80. The third kappa shape index (κ3) is 4.77. The zero-order valence-electron chi connectivity index (χ0n) is 14.0. The number of anilines is 1. The fraction of sp³-hybridized carbons (Fsp3) is 0.421. The lowest BCUT2D eigenvalue weighted by Gasteiger charge is -2.22. The fourth-order valence-electron chi connectivity index (χ4n) is 3.36. The molecule has 2 aromatic rings. The summed E-state index contributed by atoms with van der Waals surface area (Å²) in [6, 6.07) is 16.8. The topological polar surface area (TPSA) is 89.0 Å². The molecule has 5 heteroatoms. The predicted octanol–water partition coefficient (Wildman–Crippen LogP) is 0.954. The number of aromatic nitrogens is 1. The van der Waals surface area contributed by atoms with Crippen molar-refractivity contribution in [2.75, 3.05) is 25.4 Å². The molecule has 0 radical (unpaired) electrons. The Labute approximate surface area is 143 Å². The molecule has 0 saturated carbocycles. The van der Waals surface area contributed by atoms with Crippen LogP contribution in [0.25, 0.3) is 0 Å². The maximum atomic E-state index is 6.29. The van der Waals surface area contributed by atoms with E-state index in [4.69, 9.17) is 11.5 Å². The van der Waals surface area contributed by atoms with Gasteiger partial charge in [-0.1, -0.05) is 36.4 Å². The lowest BCUT2D eigenvalue weighted by atomic mass is 9.97. The molecule has 0 spiro atoms. The van der Waals surface area contributed by atoms with Gasteiger partial charge in [0.15, 0.2) is 0 Å². The second kappa shape index (κ2) is 8.24. The molecule has 128 valence electrons. The van der Waals surface area contributed by atoms with E-state index in [1.165, 1.54) is 5.56 Å². The molecule has 6 N–H and O–H groups in total. The van der Waals surface area contributed by atoms with Gasteiger partial charge in [-0.05, 0) is 43.0 Å². The zero-order valence-corrected chi connectivity index (χ0v) is 14.0. The number of nitrogens with zero attached hydrogens (tertiary/aromatic N) is 1. The number of nitrogens with one attached hydrogen (secondary N) is 2. The maximum absolute atomic E-state index is 6.29. The molecule has 2 unspecified atom stereocenters. The quantitative estimate of drug-likeness (QED) is 0.609. The Balaban J connectivity index is 1.49. The Morgan fingerprint density at radius 1 is 1.12 bits per heavy atom. The molecule has 0 bridgehead atoms. The van der Waals surface area contributed by atoms with Crippen LogP contribution in [0.2, 0.25) is 0 Å². The second-order valence-corrected chi connectivity index (χ2v) is 6.64. The number of nitrogen functional groups attached to an aromatic ring is 1. The molecule has 0 aliphatic carbocycles. The molecule has 0 amide bonds. The van der Waals surface area contributed by atoms with Gasteiger partial charge in [-0.3, -0.25) is 0 Å². The number of hydrogen-bond donors (Lipinski definition) is 4. The van der Waals surface area contributed by atoms with E-state index >= 15 is 0 Å². The van der Waals surface area contributed by atoms with E-state index < -0.39 is 0 Å². The van der Waals surface area contributed by atoms with Crippen LogP contribution in [-0.2, 0) is 12.8 Å². The van der Waals surface area contributed by atoms with Crippen LogP contribution in [0.3, 0.4) is 0 Å². The number of rotatable bonds is 7. The molecular formula is C19H27N5. The molecule has 24 heavy (non-hydrogen) atoms. The molecule has 1 aromatic heterocycles. The highest BCUT2D eigenvalue weighted by molar-refractivity contribution is 5.29. The van der Waals surface area contributed by atoms with Crippen LogP contribution < -0.4 is 22.1 Å². The highest BCUT2D eigenvalue weighted by Crippen LogP contribution is 2.16. The highest BCUT2D eigenvalue weighted by Gasteiger charge is 2.27. The second-order valence-electron chi connectivity index (χ2n) is 6.64. The van der Waals surface area contributed by atoms with Gasteiger partial charge in [0.25, 0.3) is 0 Å². The molecule has 1 fully saturated rings. The largest absolute Gasteiger partial charge is 0.384 e. The average molecular weight is 325 g/mol. The molecular weight excluding hydrogens is 298 g/mol. The van der Waals surface area contributed by atoms with Gasteiger partial charge in [-0.2, -0.15) is 0 Å². The molecule has 5 nitrogen and oxygen atoms in total. The summed E-state index contributed by atoms with van der Waals surface area (Å²) in [5.74, 6) is 1.11. The maximum Gasteiger partial charge on any atom is 0.123 e. The van der Waals surface area contributed by atoms with E-state index in [-0.39, 0.29) is 6.04 Å². The third-order valence-corrected chi connectivity index (χ3v) is 4.62. The smallest absolute Gasteiger partial charge is 0.123 e. The zero-order chi connectivity index (χ0) is 16.8. The minimum absolute atomic E-state index is 0.124.